The van der Waals surface area contributed by atoms with E-state index in [1.54, 1.807) is 5.56 Å². The summed E-state index contributed by atoms with van der Waals surface area (Å²) in [5, 5.41) is 0. The summed E-state index contributed by atoms with van der Waals surface area (Å²) >= 11 is 0. The van der Waals surface area contributed by atoms with Crippen molar-refractivity contribution in [1.82, 2.24) is 0 Å². The van der Waals surface area contributed by atoms with Gasteiger partial charge >= 0.3 is 0 Å². The van der Waals surface area contributed by atoms with Crippen LogP contribution in [0.25, 0.3) is 0 Å². The van der Waals surface area contributed by atoms with E-state index in [9.17, 15) is 0 Å². The molecule has 14 heavy (non-hydrogen) atoms. The van der Waals surface area contributed by atoms with Crippen molar-refractivity contribution in [2.45, 2.75) is 52.4 Å². The third-order valence-corrected chi connectivity index (χ3v) is 3.15. The van der Waals surface area contributed by atoms with E-state index in [2.05, 4.69) is 31.2 Å². The molecule has 1 aromatic carbocycles. The molecule has 0 spiro atoms. The van der Waals surface area contributed by atoms with Gasteiger partial charge in [0.15, 0.2) is 0 Å². The first-order valence-electron chi connectivity index (χ1n) is 5.43. The van der Waals surface area contributed by atoms with Crippen LogP contribution in [0.2, 0.25) is 0 Å². The lowest BCUT2D eigenvalue weighted by Gasteiger charge is -2.21. The van der Waals surface area contributed by atoms with Crippen LogP contribution in [0, 0.1) is 6.92 Å². The zero-order chi connectivity index (χ0) is 9.10. The predicted octanol–water partition coefficient (Wildman–Crippen LogP) is 4.68. The molecule has 78 valence electrons. The van der Waals surface area contributed by atoms with Crippen molar-refractivity contribution in [2.75, 3.05) is 0 Å². The van der Waals surface area contributed by atoms with Gasteiger partial charge in [-0.15, -0.1) is 0 Å². The second kappa shape index (κ2) is 5.19. The van der Waals surface area contributed by atoms with E-state index < -0.39 is 0 Å². The van der Waals surface area contributed by atoms with Gasteiger partial charge in [0, 0.05) is 0 Å². The van der Waals surface area contributed by atoms with Crippen LogP contribution < -0.4 is 0 Å². The summed E-state index contributed by atoms with van der Waals surface area (Å²) in [7, 11) is 0. The summed E-state index contributed by atoms with van der Waals surface area (Å²) in [4.78, 5) is 0. The molecule has 0 heteroatoms. The molecule has 2 rings (SSSR count). The van der Waals surface area contributed by atoms with Gasteiger partial charge in [-0.1, -0.05) is 56.5 Å². The highest BCUT2D eigenvalue weighted by Crippen LogP contribution is 2.32. The number of hydrogen-bond acceptors (Lipinski definition) is 0. The van der Waals surface area contributed by atoms with Crippen LogP contribution in [0.1, 0.15) is 56.6 Å². The van der Waals surface area contributed by atoms with E-state index in [1.165, 1.54) is 37.7 Å². The summed E-state index contributed by atoms with van der Waals surface area (Å²) < 4.78 is 0. The zero-order valence-electron chi connectivity index (χ0n) is 8.42. The van der Waals surface area contributed by atoms with Crippen LogP contribution in [0.4, 0.5) is 0 Å². The summed E-state index contributed by atoms with van der Waals surface area (Å²) in [6.45, 7) is 2.16. The monoisotopic (exact) mass is 190 g/mol. The van der Waals surface area contributed by atoms with Gasteiger partial charge in [-0.2, -0.15) is 0 Å². The quantitative estimate of drug-likeness (QED) is 0.603. The SMILES string of the molecule is C.Cc1ccc(C2CCCCC2)cc1. The normalized spacial score (nSPS) is 17.5. The maximum atomic E-state index is 2.31. The molecule has 0 heterocycles. The molecule has 1 aromatic rings. The Hall–Kier alpha value is -0.780. The first-order valence-corrected chi connectivity index (χ1v) is 5.43. The van der Waals surface area contributed by atoms with Crippen molar-refractivity contribution in [3.8, 4) is 0 Å². The van der Waals surface area contributed by atoms with Crippen molar-refractivity contribution < 1.29 is 0 Å². The fourth-order valence-corrected chi connectivity index (χ4v) is 2.27. The van der Waals surface area contributed by atoms with Crippen molar-refractivity contribution in [1.29, 1.82) is 0 Å². The lowest BCUT2D eigenvalue weighted by atomic mass is 9.84. The smallest absolute Gasteiger partial charge is 0.0162 e. The molecule has 1 fully saturated rings. The van der Waals surface area contributed by atoms with Crippen LogP contribution in [0.5, 0.6) is 0 Å². The van der Waals surface area contributed by atoms with Gasteiger partial charge in [-0.05, 0) is 31.2 Å². The Kier molecular flexibility index (Phi) is 4.19. The van der Waals surface area contributed by atoms with E-state index in [0.717, 1.165) is 5.92 Å². The highest BCUT2D eigenvalue weighted by atomic mass is 14.2. The van der Waals surface area contributed by atoms with Gasteiger partial charge in [0.1, 0.15) is 0 Å². The molecule has 0 amide bonds. The lowest BCUT2D eigenvalue weighted by Crippen LogP contribution is -2.04. The molecular weight excluding hydrogens is 168 g/mol. The first-order chi connectivity index (χ1) is 6.36. The maximum absolute atomic E-state index is 2.31. The average Bonchev–Trinajstić information content (AvgIpc) is 2.20. The van der Waals surface area contributed by atoms with E-state index in [-0.39, 0.29) is 7.43 Å². The predicted molar refractivity (Wildman–Crippen MR) is 63.7 cm³/mol. The molecule has 0 atom stereocenters. The highest BCUT2D eigenvalue weighted by Gasteiger charge is 2.14. The highest BCUT2D eigenvalue weighted by molar-refractivity contribution is 5.24. The van der Waals surface area contributed by atoms with Crippen LogP contribution in [-0.4, -0.2) is 0 Å². The van der Waals surface area contributed by atoms with Crippen LogP contribution in [-0.2, 0) is 0 Å². The molecule has 1 aliphatic rings. The second-order valence-corrected chi connectivity index (χ2v) is 4.25. The van der Waals surface area contributed by atoms with Gasteiger partial charge in [-0.25, -0.2) is 0 Å². The van der Waals surface area contributed by atoms with E-state index >= 15 is 0 Å². The van der Waals surface area contributed by atoms with Gasteiger partial charge in [0.05, 0.1) is 0 Å². The third-order valence-electron chi connectivity index (χ3n) is 3.15. The second-order valence-electron chi connectivity index (χ2n) is 4.25. The van der Waals surface area contributed by atoms with Gasteiger partial charge < -0.3 is 0 Å². The fraction of sp³-hybridized carbons (Fsp3) is 0.571. The van der Waals surface area contributed by atoms with Crippen molar-refractivity contribution in [3.05, 3.63) is 35.4 Å². The first kappa shape index (κ1) is 11.3. The molecule has 0 aromatic heterocycles. The van der Waals surface area contributed by atoms with E-state index in [4.69, 9.17) is 0 Å². The Morgan fingerprint density at radius 2 is 1.50 bits per heavy atom. The largest absolute Gasteiger partial charge is 0.0776 e. The van der Waals surface area contributed by atoms with Crippen molar-refractivity contribution in [2.24, 2.45) is 0 Å². The Morgan fingerprint density at radius 1 is 0.929 bits per heavy atom. The number of hydrogen-bond donors (Lipinski definition) is 0. The Labute approximate surface area is 88.4 Å². The zero-order valence-corrected chi connectivity index (χ0v) is 8.42. The topological polar surface area (TPSA) is 0 Å². The van der Waals surface area contributed by atoms with Crippen LogP contribution in [0.15, 0.2) is 24.3 Å². The molecule has 0 nitrogen and oxygen atoms in total. The summed E-state index contributed by atoms with van der Waals surface area (Å²) in [6.07, 6.45) is 7.12. The number of rotatable bonds is 1. The molecule has 0 unspecified atom stereocenters. The van der Waals surface area contributed by atoms with Gasteiger partial charge in [0.2, 0.25) is 0 Å². The molecule has 0 radical (unpaired) electrons. The molecular formula is C14H22. The number of benzene rings is 1. The molecule has 1 aliphatic carbocycles. The van der Waals surface area contributed by atoms with Gasteiger partial charge in [0.25, 0.3) is 0 Å². The number of aryl methyl sites for hydroxylation is 1. The minimum absolute atomic E-state index is 0. The minimum atomic E-state index is 0. The summed E-state index contributed by atoms with van der Waals surface area (Å²) in [5.74, 6) is 0.856. The molecule has 0 aliphatic heterocycles. The molecule has 0 saturated heterocycles. The lowest BCUT2D eigenvalue weighted by molar-refractivity contribution is 0.443. The minimum Gasteiger partial charge on any atom is -0.0776 e. The Balaban J connectivity index is 0.000000980. The van der Waals surface area contributed by atoms with E-state index in [1.807, 2.05) is 0 Å². The third kappa shape index (κ3) is 2.60. The van der Waals surface area contributed by atoms with Crippen molar-refractivity contribution in [3.63, 3.8) is 0 Å². The van der Waals surface area contributed by atoms with Crippen LogP contribution in [0.3, 0.4) is 0 Å². The molecule has 1 saturated carbocycles. The fourth-order valence-electron chi connectivity index (χ4n) is 2.27. The van der Waals surface area contributed by atoms with Crippen molar-refractivity contribution >= 4 is 0 Å². The summed E-state index contributed by atoms with van der Waals surface area (Å²) in [6, 6.07) is 9.10. The maximum Gasteiger partial charge on any atom is -0.0162 e. The summed E-state index contributed by atoms with van der Waals surface area (Å²) in [5.41, 5.74) is 2.94. The van der Waals surface area contributed by atoms with E-state index in [0.29, 0.717) is 0 Å². The molecule has 0 bridgehead atoms. The Bertz CT molecular complexity index is 252. The van der Waals surface area contributed by atoms with Crippen LogP contribution >= 0.6 is 0 Å². The average molecular weight is 190 g/mol. The Morgan fingerprint density at radius 3 is 2.07 bits per heavy atom. The molecule has 0 N–H and O–H groups in total. The standard InChI is InChI=1S/C13H18.CH4/c1-11-7-9-13(10-8-11)12-5-3-2-4-6-12;/h7-10,12H,2-6H2,1H3;1H4. The van der Waals surface area contributed by atoms with Gasteiger partial charge in [-0.3, -0.25) is 0 Å².